The fourth-order valence-corrected chi connectivity index (χ4v) is 1.75. The summed E-state index contributed by atoms with van der Waals surface area (Å²) in [7, 11) is 3.65. The first-order valence-corrected chi connectivity index (χ1v) is 5.55. The van der Waals surface area contributed by atoms with Gasteiger partial charge in [-0.2, -0.15) is 0 Å². The number of benzene rings is 1. The van der Waals surface area contributed by atoms with Crippen LogP contribution in [0.15, 0.2) is 23.0 Å². The number of para-hydroxylation sites is 1. The lowest BCUT2D eigenvalue weighted by Gasteiger charge is -1.97. The van der Waals surface area contributed by atoms with E-state index in [2.05, 4.69) is 22.1 Å². The molecule has 0 aliphatic carbocycles. The number of aromatic nitrogens is 2. The Hall–Kier alpha value is -1.99. The summed E-state index contributed by atoms with van der Waals surface area (Å²) in [6.07, 6.45) is 0.797. The Labute approximate surface area is 99.7 Å². The summed E-state index contributed by atoms with van der Waals surface area (Å²) in [5.74, 6) is 6.20. The predicted molar refractivity (Wildman–Crippen MR) is 69.0 cm³/mol. The third-order valence-corrected chi connectivity index (χ3v) is 2.64. The molecule has 0 amide bonds. The van der Waals surface area contributed by atoms with E-state index in [-0.39, 0.29) is 5.69 Å². The fraction of sp³-hybridized carbons (Fsp3) is 0.308. The van der Waals surface area contributed by atoms with Crippen LogP contribution < -0.4 is 11.0 Å². The average Bonchev–Trinajstić information content (AvgIpc) is 2.62. The Balaban J connectivity index is 2.46. The number of fused-ring (bicyclic) bond motifs is 1. The maximum Gasteiger partial charge on any atom is 0.326 e. The molecule has 1 heterocycles. The number of H-pyrrole nitrogens is 1. The van der Waals surface area contributed by atoms with E-state index in [4.69, 9.17) is 0 Å². The summed E-state index contributed by atoms with van der Waals surface area (Å²) in [5, 5.41) is 3.04. The molecule has 0 aliphatic rings. The van der Waals surface area contributed by atoms with E-state index in [1.165, 1.54) is 0 Å². The quantitative estimate of drug-likeness (QED) is 0.592. The Morgan fingerprint density at radius 3 is 3.06 bits per heavy atom. The second-order valence-corrected chi connectivity index (χ2v) is 3.85. The molecule has 17 heavy (non-hydrogen) atoms. The molecule has 0 fully saturated rings. The van der Waals surface area contributed by atoms with Crippen molar-refractivity contribution < 1.29 is 0 Å². The first kappa shape index (κ1) is 11.5. The van der Waals surface area contributed by atoms with E-state index in [1.807, 2.05) is 25.2 Å². The minimum Gasteiger partial charge on any atom is -0.319 e. The van der Waals surface area contributed by atoms with E-state index < -0.39 is 0 Å². The minimum absolute atomic E-state index is 0.107. The highest BCUT2D eigenvalue weighted by Gasteiger charge is 2.05. The first-order chi connectivity index (χ1) is 8.24. The molecular formula is C13H15N3O. The summed E-state index contributed by atoms with van der Waals surface area (Å²) in [6, 6.07) is 5.72. The van der Waals surface area contributed by atoms with Crippen LogP contribution in [0.2, 0.25) is 0 Å². The van der Waals surface area contributed by atoms with Gasteiger partial charge >= 0.3 is 5.69 Å². The van der Waals surface area contributed by atoms with Crippen molar-refractivity contribution in [2.75, 3.05) is 13.6 Å². The lowest BCUT2D eigenvalue weighted by molar-refractivity contribution is 0.818. The van der Waals surface area contributed by atoms with Gasteiger partial charge in [0.2, 0.25) is 0 Å². The predicted octanol–water partition coefficient (Wildman–Crippen LogP) is 0.828. The molecule has 2 rings (SSSR count). The van der Waals surface area contributed by atoms with E-state index in [0.29, 0.717) is 0 Å². The molecule has 88 valence electrons. The van der Waals surface area contributed by atoms with Crippen molar-refractivity contribution in [3.63, 3.8) is 0 Å². The molecule has 4 heteroatoms. The van der Waals surface area contributed by atoms with Gasteiger partial charge in [0.15, 0.2) is 0 Å². The summed E-state index contributed by atoms with van der Waals surface area (Å²) < 4.78 is 1.59. The van der Waals surface area contributed by atoms with Crippen molar-refractivity contribution in [3.05, 3.63) is 34.2 Å². The Bertz CT molecular complexity index is 640. The van der Waals surface area contributed by atoms with Gasteiger partial charge in [-0.25, -0.2) is 4.79 Å². The number of nitrogens with one attached hydrogen (secondary N) is 2. The SMILES string of the molecule is CNCCC#Cc1cccc2[nH]c(=O)n(C)c12. The summed E-state index contributed by atoms with van der Waals surface area (Å²) in [6.45, 7) is 0.870. The highest BCUT2D eigenvalue weighted by atomic mass is 16.1. The number of aromatic amines is 1. The Morgan fingerprint density at radius 1 is 1.47 bits per heavy atom. The molecule has 4 nitrogen and oxygen atoms in total. The van der Waals surface area contributed by atoms with E-state index in [1.54, 1.807) is 11.6 Å². The topological polar surface area (TPSA) is 49.8 Å². The van der Waals surface area contributed by atoms with Crippen molar-refractivity contribution in [3.8, 4) is 11.8 Å². The number of hydrogen-bond acceptors (Lipinski definition) is 2. The summed E-state index contributed by atoms with van der Waals surface area (Å²) in [5.41, 5.74) is 2.48. The maximum atomic E-state index is 11.5. The van der Waals surface area contributed by atoms with Crippen molar-refractivity contribution in [2.24, 2.45) is 7.05 Å². The molecule has 0 radical (unpaired) electrons. The van der Waals surface area contributed by atoms with Gasteiger partial charge in [0.05, 0.1) is 16.6 Å². The molecular weight excluding hydrogens is 214 g/mol. The molecule has 1 aromatic carbocycles. The Kier molecular flexibility index (Phi) is 3.31. The molecule has 0 bridgehead atoms. The first-order valence-electron chi connectivity index (χ1n) is 5.55. The van der Waals surface area contributed by atoms with Gasteiger partial charge in [-0.1, -0.05) is 17.9 Å². The van der Waals surface area contributed by atoms with Crippen molar-refractivity contribution in [1.29, 1.82) is 0 Å². The molecule has 0 aliphatic heterocycles. The van der Waals surface area contributed by atoms with E-state index in [0.717, 1.165) is 29.6 Å². The number of imidazole rings is 1. The molecule has 0 unspecified atom stereocenters. The monoisotopic (exact) mass is 229 g/mol. The van der Waals surface area contributed by atoms with Crippen LogP contribution in [0.1, 0.15) is 12.0 Å². The van der Waals surface area contributed by atoms with Gasteiger partial charge in [0, 0.05) is 20.0 Å². The molecule has 0 atom stereocenters. The van der Waals surface area contributed by atoms with E-state index >= 15 is 0 Å². The van der Waals surface area contributed by atoms with Crippen LogP contribution in [0.3, 0.4) is 0 Å². The van der Waals surface area contributed by atoms with Crippen molar-refractivity contribution >= 4 is 11.0 Å². The van der Waals surface area contributed by atoms with Gasteiger partial charge in [0.25, 0.3) is 0 Å². The molecule has 0 spiro atoms. The van der Waals surface area contributed by atoms with Crippen LogP contribution in [-0.2, 0) is 7.05 Å². The fourth-order valence-electron chi connectivity index (χ4n) is 1.75. The second kappa shape index (κ2) is 4.89. The van der Waals surface area contributed by atoms with E-state index in [9.17, 15) is 4.79 Å². The molecule has 1 aromatic heterocycles. The number of hydrogen-bond donors (Lipinski definition) is 2. The smallest absolute Gasteiger partial charge is 0.319 e. The standard InChI is InChI=1S/C13H15N3O/c1-14-9-4-3-6-10-7-5-8-11-12(10)16(2)13(17)15-11/h5,7-8,14H,4,9H2,1-2H3,(H,15,17). The van der Waals surface area contributed by atoms with Gasteiger partial charge in [-0.3, -0.25) is 4.57 Å². The number of nitrogens with zero attached hydrogens (tertiary/aromatic N) is 1. The Morgan fingerprint density at radius 2 is 2.29 bits per heavy atom. The van der Waals surface area contributed by atoms with Crippen LogP contribution in [0.5, 0.6) is 0 Å². The highest BCUT2D eigenvalue weighted by molar-refractivity contribution is 5.82. The minimum atomic E-state index is -0.107. The van der Waals surface area contributed by atoms with Crippen molar-refractivity contribution in [1.82, 2.24) is 14.9 Å². The average molecular weight is 229 g/mol. The second-order valence-electron chi connectivity index (χ2n) is 3.85. The number of rotatable bonds is 2. The lowest BCUT2D eigenvalue weighted by atomic mass is 10.2. The lowest BCUT2D eigenvalue weighted by Crippen LogP contribution is -2.12. The van der Waals surface area contributed by atoms with Crippen molar-refractivity contribution in [2.45, 2.75) is 6.42 Å². The largest absolute Gasteiger partial charge is 0.326 e. The van der Waals surface area contributed by atoms with Gasteiger partial charge in [0.1, 0.15) is 0 Å². The molecule has 0 saturated heterocycles. The van der Waals surface area contributed by atoms with Crippen LogP contribution in [-0.4, -0.2) is 23.1 Å². The van der Waals surface area contributed by atoms with Crippen LogP contribution >= 0.6 is 0 Å². The van der Waals surface area contributed by atoms with Crippen LogP contribution in [0.25, 0.3) is 11.0 Å². The van der Waals surface area contributed by atoms with Crippen LogP contribution in [0, 0.1) is 11.8 Å². The zero-order chi connectivity index (χ0) is 12.3. The number of aryl methyl sites for hydroxylation is 1. The van der Waals surface area contributed by atoms with Gasteiger partial charge in [-0.15, -0.1) is 0 Å². The van der Waals surface area contributed by atoms with Crippen LogP contribution in [0.4, 0.5) is 0 Å². The maximum absolute atomic E-state index is 11.5. The van der Waals surface area contributed by atoms with Gasteiger partial charge in [-0.05, 0) is 19.2 Å². The summed E-state index contributed by atoms with van der Waals surface area (Å²) in [4.78, 5) is 14.3. The third-order valence-electron chi connectivity index (χ3n) is 2.64. The normalized spacial score (nSPS) is 10.2. The highest BCUT2D eigenvalue weighted by Crippen LogP contribution is 2.13. The molecule has 2 aromatic rings. The molecule has 2 N–H and O–H groups in total. The zero-order valence-electron chi connectivity index (χ0n) is 10.0. The van der Waals surface area contributed by atoms with Gasteiger partial charge < -0.3 is 10.3 Å². The summed E-state index contributed by atoms with van der Waals surface area (Å²) >= 11 is 0. The molecule has 0 saturated carbocycles. The zero-order valence-corrected chi connectivity index (χ0v) is 10.0. The third kappa shape index (κ3) is 2.24.